The number of hydrogen-bond acceptors (Lipinski definition) is 4. The van der Waals surface area contributed by atoms with E-state index < -0.39 is 5.41 Å². The fraction of sp³-hybridized carbons (Fsp3) is 0.750. The van der Waals surface area contributed by atoms with Crippen molar-refractivity contribution in [3.05, 3.63) is 0 Å². The van der Waals surface area contributed by atoms with Gasteiger partial charge in [0.2, 0.25) is 11.8 Å². The Hall–Kier alpha value is -1.79. The van der Waals surface area contributed by atoms with Crippen LogP contribution >= 0.6 is 0 Å². The molecule has 0 aromatic rings. The van der Waals surface area contributed by atoms with Gasteiger partial charge in [0.1, 0.15) is 5.41 Å². The summed E-state index contributed by atoms with van der Waals surface area (Å²) in [6.45, 7) is 5.02. The highest BCUT2D eigenvalue weighted by molar-refractivity contribution is 6.09. The summed E-state index contributed by atoms with van der Waals surface area (Å²) in [5.74, 6) is -0.431. The first kappa shape index (κ1) is 15.3. The molecule has 0 unspecified atom stereocenters. The fourth-order valence-electron chi connectivity index (χ4n) is 2.12. The van der Waals surface area contributed by atoms with Crippen molar-refractivity contribution in [2.45, 2.75) is 26.7 Å². The number of rotatable bonds is 6. The molecule has 1 fully saturated rings. The normalized spacial score (nSPS) is 16.9. The molecular weight excluding hydrogens is 248 g/mol. The van der Waals surface area contributed by atoms with E-state index >= 15 is 0 Å². The van der Waals surface area contributed by atoms with Crippen molar-refractivity contribution in [3.8, 4) is 0 Å². The lowest BCUT2D eigenvalue weighted by atomic mass is 10.0. The van der Waals surface area contributed by atoms with E-state index in [0.29, 0.717) is 25.9 Å². The van der Waals surface area contributed by atoms with Gasteiger partial charge in [-0.3, -0.25) is 9.59 Å². The minimum absolute atomic E-state index is 0.0149. The zero-order valence-corrected chi connectivity index (χ0v) is 11.7. The van der Waals surface area contributed by atoms with Gasteiger partial charge in [-0.2, -0.15) is 0 Å². The first-order chi connectivity index (χ1) is 8.92. The first-order valence-corrected chi connectivity index (χ1v) is 6.44. The number of amides is 2. The predicted molar refractivity (Wildman–Crippen MR) is 70.6 cm³/mol. The van der Waals surface area contributed by atoms with E-state index in [-0.39, 0.29) is 24.2 Å². The number of amidine groups is 1. The van der Waals surface area contributed by atoms with E-state index in [1.807, 2.05) is 13.8 Å². The molecule has 0 heterocycles. The number of oxime groups is 1. The van der Waals surface area contributed by atoms with Gasteiger partial charge in [-0.15, -0.1) is 0 Å². The molecule has 1 saturated carbocycles. The van der Waals surface area contributed by atoms with Crippen LogP contribution in [0.5, 0.6) is 0 Å². The van der Waals surface area contributed by atoms with Gasteiger partial charge < -0.3 is 20.7 Å². The van der Waals surface area contributed by atoms with Crippen LogP contribution in [0.3, 0.4) is 0 Å². The number of nitrogens with zero attached hydrogens (tertiary/aromatic N) is 3. The van der Waals surface area contributed by atoms with Crippen LogP contribution in [-0.2, 0) is 9.59 Å². The number of carbonyl (C=O) groups excluding carboxylic acids is 2. The Bertz CT molecular complexity index is 386. The van der Waals surface area contributed by atoms with Gasteiger partial charge >= 0.3 is 0 Å². The van der Waals surface area contributed by atoms with Crippen LogP contribution in [0.15, 0.2) is 5.16 Å². The van der Waals surface area contributed by atoms with Gasteiger partial charge in [-0.05, 0) is 26.7 Å². The van der Waals surface area contributed by atoms with E-state index in [1.54, 1.807) is 11.9 Å². The summed E-state index contributed by atoms with van der Waals surface area (Å²) in [4.78, 5) is 27.2. The average molecular weight is 270 g/mol. The molecule has 1 rings (SSSR count). The Morgan fingerprint density at radius 3 is 2.21 bits per heavy atom. The van der Waals surface area contributed by atoms with Crippen LogP contribution in [0.25, 0.3) is 0 Å². The molecule has 0 atom stereocenters. The minimum Gasteiger partial charge on any atom is -0.409 e. The molecule has 0 saturated heterocycles. The predicted octanol–water partition coefficient (Wildman–Crippen LogP) is -0.160. The lowest BCUT2D eigenvalue weighted by Gasteiger charge is -2.25. The van der Waals surface area contributed by atoms with Crippen LogP contribution in [-0.4, -0.2) is 59.3 Å². The highest BCUT2D eigenvalue weighted by Gasteiger charge is 2.55. The fourth-order valence-corrected chi connectivity index (χ4v) is 2.12. The Morgan fingerprint density at radius 1 is 1.32 bits per heavy atom. The summed E-state index contributed by atoms with van der Waals surface area (Å²) in [6.07, 6.45) is 1.12. The maximum atomic E-state index is 12.2. The van der Waals surface area contributed by atoms with Crippen molar-refractivity contribution in [2.75, 3.05) is 26.7 Å². The third-order valence-corrected chi connectivity index (χ3v) is 3.59. The second-order valence-corrected chi connectivity index (χ2v) is 4.79. The van der Waals surface area contributed by atoms with Crippen LogP contribution in [0.1, 0.15) is 26.7 Å². The highest BCUT2D eigenvalue weighted by Crippen LogP contribution is 2.47. The minimum atomic E-state index is -0.896. The second kappa shape index (κ2) is 5.90. The Morgan fingerprint density at radius 2 is 1.84 bits per heavy atom. The Kier molecular flexibility index (Phi) is 4.74. The molecule has 0 aromatic carbocycles. The molecule has 7 nitrogen and oxygen atoms in total. The average Bonchev–Trinajstić information content (AvgIpc) is 3.19. The molecule has 1 aliphatic carbocycles. The van der Waals surface area contributed by atoms with Gasteiger partial charge in [0.05, 0.1) is 6.54 Å². The van der Waals surface area contributed by atoms with Crippen molar-refractivity contribution in [1.29, 1.82) is 0 Å². The van der Waals surface area contributed by atoms with Gasteiger partial charge in [0.15, 0.2) is 5.84 Å². The summed E-state index contributed by atoms with van der Waals surface area (Å²) in [6, 6.07) is 0. The molecule has 19 heavy (non-hydrogen) atoms. The lowest BCUT2D eigenvalue weighted by molar-refractivity contribution is -0.141. The number of likely N-dealkylation sites (N-methyl/N-ethyl adjacent to an activating group) is 2. The van der Waals surface area contributed by atoms with Crippen LogP contribution in [0.2, 0.25) is 0 Å². The van der Waals surface area contributed by atoms with Crippen LogP contribution in [0, 0.1) is 5.41 Å². The van der Waals surface area contributed by atoms with Crippen molar-refractivity contribution in [1.82, 2.24) is 9.80 Å². The zero-order valence-electron chi connectivity index (χ0n) is 11.7. The lowest BCUT2D eigenvalue weighted by Crippen LogP contribution is -2.46. The van der Waals surface area contributed by atoms with Gasteiger partial charge in [-0.25, -0.2) is 0 Å². The Labute approximate surface area is 113 Å². The molecule has 0 aliphatic heterocycles. The molecule has 0 bridgehead atoms. The molecular formula is C12H22N4O3. The summed E-state index contributed by atoms with van der Waals surface area (Å²) >= 11 is 0. The van der Waals surface area contributed by atoms with Crippen LogP contribution in [0.4, 0.5) is 0 Å². The van der Waals surface area contributed by atoms with Gasteiger partial charge in [0.25, 0.3) is 0 Å². The molecule has 7 heteroatoms. The summed E-state index contributed by atoms with van der Waals surface area (Å²) in [7, 11) is 1.56. The number of nitrogens with two attached hydrogens (primary N) is 1. The van der Waals surface area contributed by atoms with Crippen LogP contribution < -0.4 is 5.73 Å². The monoisotopic (exact) mass is 270 g/mol. The topological polar surface area (TPSA) is 99.2 Å². The van der Waals surface area contributed by atoms with Crippen molar-refractivity contribution in [3.63, 3.8) is 0 Å². The molecule has 108 valence electrons. The first-order valence-electron chi connectivity index (χ1n) is 6.44. The maximum absolute atomic E-state index is 12.2. The second-order valence-electron chi connectivity index (χ2n) is 4.79. The van der Waals surface area contributed by atoms with E-state index in [2.05, 4.69) is 5.16 Å². The number of hydrogen-bond donors (Lipinski definition) is 2. The summed E-state index contributed by atoms with van der Waals surface area (Å²) in [5, 5.41) is 11.6. The quantitative estimate of drug-likeness (QED) is 0.303. The smallest absolute Gasteiger partial charge is 0.242 e. The Balaban J connectivity index is 2.67. The zero-order chi connectivity index (χ0) is 14.6. The van der Waals surface area contributed by atoms with Crippen molar-refractivity contribution >= 4 is 17.6 Å². The van der Waals surface area contributed by atoms with Crippen molar-refractivity contribution in [2.24, 2.45) is 16.3 Å². The largest absolute Gasteiger partial charge is 0.409 e. The molecule has 0 spiro atoms. The molecule has 1 aliphatic rings. The third kappa shape index (κ3) is 2.97. The standard InChI is InChI=1S/C12H22N4O3/c1-4-16(5-2)9(17)8-15(3)11(18)12(6-7-12)10(13)14-19/h19H,4-8H2,1-3H3,(H2,13,14). The third-order valence-electron chi connectivity index (χ3n) is 3.59. The summed E-state index contributed by atoms with van der Waals surface area (Å²) in [5.41, 5.74) is 4.66. The molecule has 0 aromatic heterocycles. The van der Waals surface area contributed by atoms with E-state index in [4.69, 9.17) is 10.9 Å². The van der Waals surface area contributed by atoms with E-state index in [1.165, 1.54) is 4.90 Å². The molecule has 3 N–H and O–H groups in total. The molecule has 0 radical (unpaired) electrons. The molecule has 2 amide bonds. The maximum Gasteiger partial charge on any atom is 0.242 e. The van der Waals surface area contributed by atoms with Gasteiger partial charge in [0, 0.05) is 20.1 Å². The van der Waals surface area contributed by atoms with Gasteiger partial charge in [-0.1, -0.05) is 5.16 Å². The SMILES string of the molecule is CCN(CC)C(=O)CN(C)C(=O)C1(C(N)=NO)CC1. The highest BCUT2D eigenvalue weighted by atomic mass is 16.4. The summed E-state index contributed by atoms with van der Waals surface area (Å²) < 4.78 is 0. The number of carbonyl (C=O) groups is 2. The van der Waals surface area contributed by atoms with E-state index in [9.17, 15) is 9.59 Å². The van der Waals surface area contributed by atoms with E-state index in [0.717, 1.165) is 0 Å². The van der Waals surface area contributed by atoms with Crippen molar-refractivity contribution < 1.29 is 14.8 Å².